The molecule has 0 spiro atoms. The molecular formula is C12H14O3. The van der Waals surface area contributed by atoms with Gasteiger partial charge >= 0.3 is 0 Å². The van der Waals surface area contributed by atoms with Crippen molar-refractivity contribution < 1.29 is 14.3 Å². The van der Waals surface area contributed by atoms with E-state index in [0.29, 0.717) is 12.2 Å². The maximum atomic E-state index is 9.27. The molecule has 0 amide bonds. The van der Waals surface area contributed by atoms with E-state index in [0.717, 1.165) is 10.9 Å². The van der Waals surface area contributed by atoms with Crippen molar-refractivity contribution in [1.29, 1.82) is 0 Å². The van der Waals surface area contributed by atoms with Gasteiger partial charge < -0.3 is 14.3 Å². The van der Waals surface area contributed by atoms with Crippen molar-refractivity contribution in [3.8, 4) is 5.75 Å². The molecule has 0 aliphatic rings. The zero-order chi connectivity index (χ0) is 10.8. The molecule has 0 fully saturated rings. The van der Waals surface area contributed by atoms with Crippen LogP contribution in [0, 0.1) is 0 Å². The highest BCUT2D eigenvalue weighted by atomic mass is 16.5. The second-order valence-electron chi connectivity index (χ2n) is 3.80. The number of furan rings is 1. The molecule has 0 aliphatic heterocycles. The van der Waals surface area contributed by atoms with Crippen molar-refractivity contribution >= 4 is 11.0 Å². The lowest BCUT2D eigenvalue weighted by molar-refractivity contribution is 0.0660. The van der Waals surface area contributed by atoms with Gasteiger partial charge in [-0.25, -0.2) is 0 Å². The maximum Gasteiger partial charge on any atom is 0.137 e. The summed E-state index contributed by atoms with van der Waals surface area (Å²) in [6.45, 7) is 4.53. The standard InChI is InChI=1S/C12H14O3/c1-8(2)14-6-9-7-15-12-5-10(13)3-4-11(9)12/h3-5,7-8,13H,6H2,1-2H3. The average molecular weight is 206 g/mol. The quantitative estimate of drug-likeness (QED) is 0.839. The monoisotopic (exact) mass is 206 g/mol. The van der Waals surface area contributed by atoms with Crippen LogP contribution in [0.15, 0.2) is 28.9 Å². The van der Waals surface area contributed by atoms with Gasteiger partial charge in [0.2, 0.25) is 0 Å². The first-order valence-corrected chi connectivity index (χ1v) is 4.97. The number of phenols is 1. The van der Waals surface area contributed by atoms with E-state index in [4.69, 9.17) is 9.15 Å². The first-order chi connectivity index (χ1) is 7.16. The molecule has 0 bridgehead atoms. The Balaban J connectivity index is 2.29. The fourth-order valence-corrected chi connectivity index (χ4v) is 1.44. The lowest BCUT2D eigenvalue weighted by Crippen LogP contribution is -2.01. The molecule has 80 valence electrons. The minimum Gasteiger partial charge on any atom is -0.508 e. The Hall–Kier alpha value is -1.48. The Morgan fingerprint density at radius 3 is 2.93 bits per heavy atom. The predicted octanol–water partition coefficient (Wildman–Crippen LogP) is 3.06. The van der Waals surface area contributed by atoms with Crippen LogP contribution in [0.1, 0.15) is 19.4 Å². The van der Waals surface area contributed by atoms with Gasteiger partial charge in [-0.2, -0.15) is 0 Å². The fourth-order valence-electron chi connectivity index (χ4n) is 1.44. The van der Waals surface area contributed by atoms with Gasteiger partial charge in [-0.05, 0) is 26.0 Å². The Morgan fingerprint density at radius 2 is 2.20 bits per heavy atom. The van der Waals surface area contributed by atoms with E-state index in [9.17, 15) is 5.11 Å². The maximum absolute atomic E-state index is 9.27. The van der Waals surface area contributed by atoms with Crippen molar-refractivity contribution in [2.45, 2.75) is 26.6 Å². The Morgan fingerprint density at radius 1 is 1.40 bits per heavy atom. The van der Waals surface area contributed by atoms with Gasteiger partial charge in [0.25, 0.3) is 0 Å². The third-order valence-electron chi connectivity index (χ3n) is 2.21. The molecule has 0 saturated carbocycles. The molecular weight excluding hydrogens is 192 g/mol. The SMILES string of the molecule is CC(C)OCc1coc2cc(O)ccc12. The minimum atomic E-state index is 0.201. The molecule has 3 heteroatoms. The number of phenolic OH excluding ortho intramolecular Hbond substituents is 1. The van der Waals surface area contributed by atoms with E-state index in [2.05, 4.69) is 0 Å². The smallest absolute Gasteiger partial charge is 0.137 e. The van der Waals surface area contributed by atoms with Crippen LogP contribution in [0.4, 0.5) is 0 Å². The van der Waals surface area contributed by atoms with Crippen LogP contribution in [0.2, 0.25) is 0 Å². The summed E-state index contributed by atoms with van der Waals surface area (Å²) in [5.74, 6) is 0.216. The van der Waals surface area contributed by atoms with E-state index in [-0.39, 0.29) is 11.9 Å². The molecule has 1 aromatic heterocycles. The van der Waals surface area contributed by atoms with Crippen molar-refractivity contribution in [1.82, 2.24) is 0 Å². The molecule has 0 unspecified atom stereocenters. The van der Waals surface area contributed by atoms with Gasteiger partial charge in [0.1, 0.15) is 11.3 Å². The summed E-state index contributed by atoms with van der Waals surface area (Å²) in [5.41, 5.74) is 1.70. The van der Waals surface area contributed by atoms with Crippen molar-refractivity contribution in [3.63, 3.8) is 0 Å². The molecule has 1 aromatic carbocycles. The fraction of sp³-hybridized carbons (Fsp3) is 0.333. The summed E-state index contributed by atoms with van der Waals surface area (Å²) in [5, 5.41) is 10.3. The topological polar surface area (TPSA) is 42.6 Å². The van der Waals surface area contributed by atoms with Gasteiger partial charge in [0, 0.05) is 17.0 Å². The molecule has 0 aliphatic carbocycles. The lowest BCUT2D eigenvalue weighted by Gasteiger charge is -2.05. The highest BCUT2D eigenvalue weighted by molar-refractivity contribution is 5.82. The molecule has 0 radical (unpaired) electrons. The van der Waals surface area contributed by atoms with Crippen LogP contribution >= 0.6 is 0 Å². The van der Waals surface area contributed by atoms with Crippen LogP contribution in [-0.4, -0.2) is 11.2 Å². The van der Waals surface area contributed by atoms with E-state index in [1.165, 1.54) is 0 Å². The van der Waals surface area contributed by atoms with Crippen molar-refractivity contribution in [2.24, 2.45) is 0 Å². The highest BCUT2D eigenvalue weighted by Gasteiger charge is 2.07. The van der Waals surface area contributed by atoms with Gasteiger partial charge in [0.15, 0.2) is 0 Å². The molecule has 2 aromatic rings. The second kappa shape index (κ2) is 3.95. The van der Waals surface area contributed by atoms with Crippen LogP contribution in [0.25, 0.3) is 11.0 Å². The Kier molecular flexibility index (Phi) is 2.64. The van der Waals surface area contributed by atoms with Crippen molar-refractivity contribution in [3.05, 3.63) is 30.0 Å². The van der Waals surface area contributed by atoms with Gasteiger partial charge in [-0.3, -0.25) is 0 Å². The predicted molar refractivity (Wildman–Crippen MR) is 57.8 cm³/mol. The Bertz CT molecular complexity index is 457. The zero-order valence-electron chi connectivity index (χ0n) is 8.86. The van der Waals surface area contributed by atoms with Crippen LogP contribution < -0.4 is 0 Å². The lowest BCUT2D eigenvalue weighted by atomic mass is 10.2. The summed E-state index contributed by atoms with van der Waals surface area (Å²) in [6, 6.07) is 5.10. The molecule has 0 saturated heterocycles. The highest BCUT2D eigenvalue weighted by Crippen LogP contribution is 2.25. The summed E-state index contributed by atoms with van der Waals surface area (Å²) >= 11 is 0. The van der Waals surface area contributed by atoms with Gasteiger partial charge in [-0.1, -0.05) is 0 Å². The Labute approximate surface area is 88.3 Å². The van der Waals surface area contributed by atoms with E-state index in [1.54, 1.807) is 18.4 Å². The summed E-state index contributed by atoms with van der Waals surface area (Å²) in [6.07, 6.45) is 1.87. The number of rotatable bonds is 3. The molecule has 1 N–H and O–H groups in total. The van der Waals surface area contributed by atoms with E-state index in [1.807, 2.05) is 19.9 Å². The largest absolute Gasteiger partial charge is 0.508 e. The number of hydrogen-bond donors (Lipinski definition) is 1. The summed E-state index contributed by atoms with van der Waals surface area (Å²) < 4.78 is 10.8. The third-order valence-corrected chi connectivity index (χ3v) is 2.21. The third kappa shape index (κ3) is 2.13. The number of benzene rings is 1. The van der Waals surface area contributed by atoms with Gasteiger partial charge in [0.05, 0.1) is 19.0 Å². The number of hydrogen-bond acceptors (Lipinski definition) is 3. The van der Waals surface area contributed by atoms with Gasteiger partial charge in [-0.15, -0.1) is 0 Å². The number of ether oxygens (including phenoxy) is 1. The molecule has 2 rings (SSSR count). The molecule has 15 heavy (non-hydrogen) atoms. The minimum absolute atomic E-state index is 0.201. The van der Waals surface area contributed by atoms with E-state index >= 15 is 0 Å². The number of aromatic hydroxyl groups is 1. The summed E-state index contributed by atoms with van der Waals surface area (Å²) in [7, 11) is 0. The summed E-state index contributed by atoms with van der Waals surface area (Å²) in [4.78, 5) is 0. The first kappa shape index (κ1) is 10.1. The molecule has 1 heterocycles. The zero-order valence-corrected chi connectivity index (χ0v) is 8.86. The van der Waals surface area contributed by atoms with Crippen molar-refractivity contribution in [2.75, 3.05) is 0 Å². The average Bonchev–Trinajstić information content (AvgIpc) is 2.57. The van der Waals surface area contributed by atoms with Crippen LogP contribution in [-0.2, 0) is 11.3 Å². The normalized spacial score (nSPS) is 11.4. The molecule has 3 nitrogen and oxygen atoms in total. The van der Waals surface area contributed by atoms with E-state index < -0.39 is 0 Å². The first-order valence-electron chi connectivity index (χ1n) is 4.97. The second-order valence-corrected chi connectivity index (χ2v) is 3.80. The van der Waals surface area contributed by atoms with Crippen LogP contribution in [0.3, 0.4) is 0 Å². The number of fused-ring (bicyclic) bond motifs is 1. The van der Waals surface area contributed by atoms with Crippen LogP contribution in [0.5, 0.6) is 5.75 Å². The molecule has 0 atom stereocenters.